The lowest BCUT2D eigenvalue weighted by Gasteiger charge is -2.19. The molecule has 1 aromatic carbocycles. The fourth-order valence-corrected chi connectivity index (χ4v) is 1.68. The van der Waals surface area contributed by atoms with Crippen molar-refractivity contribution in [2.75, 3.05) is 6.54 Å². The van der Waals surface area contributed by atoms with Crippen molar-refractivity contribution in [3.8, 4) is 0 Å². The fraction of sp³-hybridized carbons (Fsp3) is 0.364. The predicted molar refractivity (Wildman–Crippen MR) is 67.1 cm³/mol. The molecule has 0 saturated carbocycles. The number of halogens is 2. The average molecular weight is 261 g/mol. The summed E-state index contributed by atoms with van der Waals surface area (Å²) in [4.78, 5) is 11.8. The molecule has 0 unspecified atom stereocenters. The normalized spacial score (nSPS) is 11.3. The van der Waals surface area contributed by atoms with E-state index in [2.05, 4.69) is 5.32 Å². The molecule has 0 radical (unpaired) electrons. The van der Waals surface area contributed by atoms with Gasteiger partial charge >= 0.3 is 0 Å². The van der Waals surface area contributed by atoms with Gasteiger partial charge in [-0.1, -0.05) is 29.3 Å². The number of nitrogens with two attached hydrogens (primary N) is 1. The Labute approximate surface area is 105 Å². The lowest BCUT2D eigenvalue weighted by molar-refractivity contribution is 0.0946. The molecule has 88 valence electrons. The van der Waals surface area contributed by atoms with Crippen molar-refractivity contribution in [3.63, 3.8) is 0 Å². The van der Waals surface area contributed by atoms with E-state index < -0.39 is 5.54 Å². The van der Waals surface area contributed by atoms with Crippen LogP contribution in [0.5, 0.6) is 0 Å². The van der Waals surface area contributed by atoms with E-state index in [1.807, 2.05) is 13.8 Å². The monoisotopic (exact) mass is 260 g/mol. The van der Waals surface area contributed by atoms with Crippen LogP contribution in [0.25, 0.3) is 0 Å². The second-order valence-corrected chi connectivity index (χ2v) is 5.08. The highest BCUT2D eigenvalue weighted by molar-refractivity contribution is 6.39. The van der Waals surface area contributed by atoms with Crippen LogP contribution in [-0.2, 0) is 0 Å². The molecule has 1 aromatic rings. The lowest BCUT2D eigenvalue weighted by Crippen LogP contribution is -2.45. The molecule has 3 nitrogen and oxygen atoms in total. The Morgan fingerprint density at radius 1 is 1.38 bits per heavy atom. The lowest BCUT2D eigenvalue weighted by atomic mass is 10.1. The Balaban J connectivity index is 2.81. The molecule has 3 N–H and O–H groups in total. The SMILES string of the molecule is CC(C)(N)CNC(=O)c1c(Cl)cccc1Cl. The van der Waals surface area contributed by atoms with Gasteiger partial charge in [0, 0.05) is 12.1 Å². The molecule has 0 bridgehead atoms. The minimum absolute atomic E-state index is 0.287. The number of rotatable bonds is 3. The van der Waals surface area contributed by atoms with Gasteiger partial charge in [0.05, 0.1) is 15.6 Å². The van der Waals surface area contributed by atoms with E-state index in [1.165, 1.54) is 0 Å². The Morgan fingerprint density at radius 2 is 1.88 bits per heavy atom. The zero-order valence-corrected chi connectivity index (χ0v) is 10.7. The van der Waals surface area contributed by atoms with Crippen molar-refractivity contribution in [2.24, 2.45) is 5.73 Å². The van der Waals surface area contributed by atoms with E-state index >= 15 is 0 Å². The minimum atomic E-state index is -0.469. The van der Waals surface area contributed by atoms with Gasteiger partial charge in [0.2, 0.25) is 0 Å². The molecule has 16 heavy (non-hydrogen) atoms. The molecule has 0 saturated heterocycles. The fourth-order valence-electron chi connectivity index (χ4n) is 1.11. The van der Waals surface area contributed by atoms with Crippen LogP contribution in [-0.4, -0.2) is 18.0 Å². The third-order valence-electron chi connectivity index (χ3n) is 1.89. The van der Waals surface area contributed by atoms with Crippen LogP contribution in [0.1, 0.15) is 24.2 Å². The number of hydrogen-bond donors (Lipinski definition) is 2. The minimum Gasteiger partial charge on any atom is -0.350 e. The molecule has 5 heteroatoms. The van der Waals surface area contributed by atoms with Crippen molar-refractivity contribution < 1.29 is 4.79 Å². The molecule has 0 atom stereocenters. The molecule has 1 amide bonds. The molecular weight excluding hydrogens is 247 g/mol. The van der Waals surface area contributed by atoms with E-state index in [-0.39, 0.29) is 11.5 Å². The first-order valence-corrected chi connectivity index (χ1v) is 5.58. The second kappa shape index (κ2) is 5.04. The maximum absolute atomic E-state index is 11.8. The van der Waals surface area contributed by atoms with Crippen LogP contribution in [0.3, 0.4) is 0 Å². The largest absolute Gasteiger partial charge is 0.350 e. The predicted octanol–water partition coefficient (Wildman–Crippen LogP) is 2.46. The smallest absolute Gasteiger partial charge is 0.254 e. The van der Waals surface area contributed by atoms with Gasteiger partial charge in [-0.05, 0) is 26.0 Å². The van der Waals surface area contributed by atoms with Crippen LogP contribution in [0.4, 0.5) is 0 Å². The summed E-state index contributed by atoms with van der Waals surface area (Å²) in [6, 6.07) is 4.93. The summed E-state index contributed by atoms with van der Waals surface area (Å²) in [6.07, 6.45) is 0. The van der Waals surface area contributed by atoms with Crippen LogP contribution in [0.2, 0.25) is 10.0 Å². The number of carbonyl (C=O) groups is 1. The first-order valence-electron chi connectivity index (χ1n) is 4.82. The summed E-state index contributed by atoms with van der Waals surface area (Å²) in [5, 5.41) is 3.35. The van der Waals surface area contributed by atoms with E-state index in [9.17, 15) is 4.79 Å². The van der Waals surface area contributed by atoms with Crippen LogP contribution in [0, 0.1) is 0 Å². The van der Waals surface area contributed by atoms with Crippen LogP contribution >= 0.6 is 23.2 Å². The maximum Gasteiger partial charge on any atom is 0.254 e. The van der Waals surface area contributed by atoms with E-state index in [0.717, 1.165) is 0 Å². The molecule has 1 rings (SSSR count). The van der Waals surface area contributed by atoms with Crippen LogP contribution < -0.4 is 11.1 Å². The third kappa shape index (κ3) is 3.67. The Hall–Kier alpha value is -0.770. The van der Waals surface area contributed by atoms with E-state index in [1.54, 1.807) is 18.2 Å². The van der Waals surface area contributed by atoms with Gasteiger partial charge in [0.25, 0.3) is 5.91 Å². The molecule has 0 spiro atoms. The van der Waals surface area contributed by atoms with E-state index in [0.29, 0.717) is 16.6 Å². The second-order valence-electron chi connectivity index (χ2n) is 4.27. The standard InChI is InChI=1S/C11H14Cl2N2O/c1-11(2,14)6-15-10(16)9-7(12)4-3-5-8(9)13/h3-5H,6,14H2,1-2H3,(H,15,16). The van der Waals surface area contributed by atoms with Gasteiger partial charge in [-0.15, -0.1) is 0 Å². The Morgan fingerprint density at radius 3 is 2.31 bits per heavy atom. The summed E-state index contributed by atoms with van der Waals surface area (Å²) in [6.45, 7) is 4.00. The number of nitrogens with one attached hydrogen (secondary N) is 1. The Bertz CT molecular complexity index is 379. The third-order valence-corrected chi connectivity index (χ3v) is 2.52. The summed E-state index contributed by atoms with van der Waals surface area (Å²) in [5.74, 6) is -0.311. The number of benzene rings is 1. The quantitative estimate of drug-likeness (QED) is 0.878. The summed E-state index contributed by atoms with van der Waals surface area (Å²) in [7, 11) is 0. The maximum atomic E-state index is 11.8. The highest BCUT2D eigenvalue weighted by Gasteiger charge is 2.17. The van der Waals surface area contributed by atoms with Gasteiger partial charge < -0.3 is 11.1 Å². The van der Waals surface area contributed by atoms with Crippen molar-refractivity contribution in [1.29, 1.82) is 0 Å². The number of carbonyl (C=O) groups excluding carboxylic acids is 1. The highest BCUT2D eigenvalue weighted by Crippen LogP contribution is 2.23. The van der Waals surface area contributed by atoms with Crippen molar-refractivity contribution in [1.82, 2.24) is 5.32 Å². The number of amides is 1. The summed E-state index contributed by atoms with van der Waals surface area (Å²) >= 11 is 11.8. The summed E-state index contributed by atoms with van der Waals surface area (Å²) in [5.41, 5.74) is 5.58. The van der Waals surface area contributed by atoms with Crippen LogP contribution in [0.15, 0.2) is 18.2 Å². The van der Waals surface area contributed by atoms with Gasteiger partial charge in [0.1, 0.15) is 0 Å². The highest BCUT2D eigenvalue weighted by atomic mass is 35.5. The molecule has 0 fully saturated rings. The molecular formula is C11H14Cl2N2O. The summed E-state index contributed by atoms with van der Waals surface area (Å²) < 4.78 is 0. The van der Waals surface area contributed by atoms with Crippen molar-refractivity contribution in [3.05, 3.63) is 33.8 Å². The zero-order chi connectivity index (χ0) is 12.3. The van der Waals surface area contributed by atoms with Gasteiger partial charge in [-0.2, -0.15) is 0 Å². The number of hydrogen-bond acceptors (Lipinski definition) is 2. The molecule has 0 aliphatic heterocycles. The zero-order valence-electron chi connectivity index (χ0n) is 9.18. The molecule has 0 heterocycles. The van der Waals surface area contributed by atoms with Gasteiger partial charge in [-0.3, -0.25) is 4.79 Å². The van der Waals surface area contributed by atoms with E-state index in [4.69, 9.17) is 28.9 Å². The van der Waals surface area contributed by atoms with Gasteiger partial charge in [0.15, 0.2) is 0 Å². The average Bonchev–Trinajstić information content (AvgIpc) is 2.13. The van der Waals surface area contributed by atoms with Crippen molar-refractivity contribution in [2.45, 2.75) is 19.4 Å². The first kappa shape index (κ1) is 13.3. The molecule has 0 aliphatic rings. The van der Waals surface area contributed by atoms with Crippen molar-refractivity contribution >= 4 is 29.1 Å². The molecule has 0 aromatic heterocycles. The Kier molecular flexibility index (Phi) is 4.19. The first-order chi connectivity index (χ1) is 7.31. The topological polar surface area (TPSA) is 55.1 Å². The molecule has 0 aliphatic carbocycles. The van der Waals surface area contributed by atoms with Gasteiger partial charge in [-0.25, -0.2) is 0 Å².